The molecule has 0 bridgehead atoms. The molecule has 0 rings (SSSR count). The minimum Gasteiger partial charge on any atom is -1.00 e. The fourth-order valence-corrected chi connectivity index (χ4v) is 3.05. The topological polar surface area (TPSA) is 54.4 Å². The van der Waals surface area contributed by atoms with Gasteiger partial charge in [0.1, 0.15) is 0 Å². The third kappa shape index (κ3) is 23.9. The summed E-state index contributed by atoms with van der Waals surface area (Å²) in [6.45, 7) is 2.25. The van der Waals surface area contributed by atoms with Crippen molar-refractivity contribution in [3.8, 4) is 0 Å². The van der Waals surface area contributed by atoms with Crippen LogP contribution in [0.3, 0.4) is 0 Å². The molecule has 0 amide bonds. The molecule has 3 nitrogen and oxygen atoms in total. The van der Waals surface area contributed by atoms with Crippen LogP contribution in [0.5, 0.6) is 0 Å². The van der Waals surface area contributed by atoms with E-state index >= 15 is 0 Å². The van der Waals surface area contributed by atoms with Crippen LogP contribution in [0.25, 0.3) is 0 Å². The van der Waals surface area contributed by atoms with Crippen molar-refractivity contribution in [2.24, 2.45) is 0 Å². The normalized spacial score (nSPS) is 11.3. The van der Waals surface area contributed by atoms with Gasteiger partial charge in [-0.1, -0.05) is 90.4 Å². The van der Waals surface area contributed by atoms with E-state index in [1.807, 2.05) is 0 Å². The maximum atomic E-state index is 10.5. The van der Waals surface area contributed by atoms with Crippen LogP contribution in [0.1, 0.15) is 98.2 Å². The summed E-state index contributed by atoms with van der Waals surface area (Å²) in [5, 5.41) is 0. The van der Waals surface area contributed by atoms with Crippen LogP contribution in [0.4, 0.5) is 0 Å². The van der Waals surface area contributed by atoms with Crippen molar-refractivity contribution in [2.75, 3.05) is 5.75 Å². The number of rotatable bonds is 15. The van der Waals surface area contributed by atoms with Crippen LogP contribution in [0.15, 0.2) is 0 Å². The molecule has 1 N–H and O–H groups in total. The van der Waals surface area contributed by atoms with Gasteiger partial charge in [0, 0.05) is 0 Å². The Morgan fingerprint density at radius 2 is 0.952 bits per heavy atom. The average Bonchev–Trinajstić information content (AvgIpc) is 2.38. The standard InChI is InChI=1S/C16H34O3S.K.H/c1-2-3-4-5-6-7-8-9-10-11-12-13-14-15-16-20(17,18)19;;/h2-16H2,1H3,(H,17,18,19);;/q;+1;-1. The molecule has 0 fully saturated rings. The predicted molar refractivity (Wildman–Crippen MR) is 87.8 cm³/mol. The Morgan fingerprint density at radius 3 is 1.24 bits per heavy atom. The largest absolute Gasteiger partial charge is 1.00 e. The van der Waals surface area contributed by atoms with Crippen molar-refractivity contribution in [3.05, 3.63) is 0 Å². The molecule has 0 aromatic heterocycles. The summed E-state index contributed by atoms with van der Waals surface area (Å²) in [6.07, 6.45) is 17.4. The molecule has 0 aromatic rings. The minimum atomic E-state index is -3.74. The molecular weight excluding hydrogens is 311 g/mol. The van der Waals surface area contributed by atoms with Crippen LogP contribution in [0, 0.1) is 0 Å². The zero-order chi connectivity index (χ0) is 15.1. The molecule has 21 heavy (non-hydrogen) atoms. The maximum absolute atomic E-state index is 10.5. The molecule has 0 aromatic carbocycles. The third-order valence-corrected chi connectivity index (χ3v) is 4.56. The summed E-state index contributed by atoms with van der Waals surface area (Å²) < 4.78 is 29.6. The SMILES string of the molecule is CCCCCCCCCCCCCCCCS(=O)(=O)O.[H-].[K+]. The molecule has 0 atom stereocenters. The van der Waals surface area contributed by atoms with Crippen LogP contribution < -0.4 is 51.4 Å². The van der Waals surface area contributed by atoms with Crippen molar-refractivity contribution in [3.63, 3.8) is 0 Å². The molecule has 0 saturated carbocycles. The molecule has 0 spiro atoms. The Kier molecular flexibility index (Phi) is 21.1. The van der Waals surface area contributed by atoms with Gasteiger partial charge in [-0.05, 0) is 6.42 Å². The quantitative estimate of drug-likeness (QED) is 0.281. The first-order chi connectivity index (χ1) is 9.56. The van der Waals surface area contributed by atoms with Crippen molar-refractivity contribution < 1.29 is 65.8 Å². The first kappa shape index (κ1) is 24.8. The summed E-state index contributed by atoms with van der Waals surface area (Å²) in [4.78, 5) is 0. The van der Waals surface area contributed by atoms with Gasteiger partial charge in [-0.3, -0.25) is 4.55 Å². The summed E-state index contributed by atoms with van der Waals surface area (Å²) in [5.74, 6) is -0.0783. The Balaban J connectivity index is -0.00000180. The second kappa shape index (κ2) is 17.9. The van der Waals surface area contributed by atoms with Crippen molar-refractivity contribution in [1.82, 2.24) is 0 Å². The minimum absolute atomic E-state index is 0. The van der Waals surface area contributed by atoms with Gasteiger partial charge in [-0.2, -0.15) is 8.42 Å². The number of hydrogen-bond acceptors (Lipinski definition) is 2. The first-order valence-corrected chi connectivity index (χ1v) is 10.1. The van der Waals surface area contributed by atoms with Gasteiger partial charge in [0.2, 0.25) is 0 Å². The second-order valence-electron chi connectivity index (χ2n) is 5.88. The van der Waals surface area contributed by atoms with E-state index in [4.69, 9.17) is 4.55 Å². The fraction of sp³-hybridized carbons (Fsp3) is 1.00. The zero-order valence-corrected chi connectivity index (χ0v) is 18.2. The van der Waals surface area contributed by atoms with Gasteiger partial charge in [0.15, 0.2) is 0 Å². The number of unbranched alkanes of at least 4 members (excludes halogenated alkanes) is 13. The Morgan fingerprint density at radius 1 is 0.667 bits per heavy atom. The molecular formula is C16H35KO3S. The van der Waals surface area contributed by atoms with Crippen LogP contribution >= 0.6 is 0 Å². The Bertz CT molecular complexity index is 298. The molecule has 0 heterocycles. The van der Waals surface area contributed by atoms with E-state index in [0.717, 1.165) is 12.8 Å². The summed E-state index contributed by atoms with van der Waals surface area (Å²) in [5.41, 5.74) is 0. The van der Waals surface area contributed by atoms with E-state index in [9.17, 15) is 8.42 Å². The third-order valence-electron chi connectivity index (χ3n) is 3.76. The fourth-order valence-electron chi connectivity index (χ4n) is 2.48. The van der Waals surface area contributed by atoms with Gasteiger partial charge in [-0.25, -0.2) is 0 Å². The summed E-state index contributed by atoms with van der Waals surface area (Å²) in [6, 6.07) is 0. The van der Waals surface area contributed by atoms with Gasteiger partial charge in [0.25, 0.3) is 10.1 Å². The Hall–Kier alpha value is 1.55. The van der Waals surface area contributed by atoms with Crippen LogP contribution in [-0.4, -0.2) is 18.7 Å². The molecule has 0 saturated heterocycles. The van der Waals surface area contributed by atoms with Gasteiger partial charge in [-0.15, -0.1) is 0 Å². The predicted octanol–water partition coefficient (Wildman–Crippen LogP) is 2.47. The number of hydrogen-bond donors (Lipinski definition) is 1. The zero-order valence-electron chi connectivity index (χ0n) is 15.3. The molecule has 0 aliphatic heterocycles. The van der Waals surface area contributed by atoms with E-state index in [0.29, 0.717) is 6.42 Å². The first-order valence-electron chi connectivity index (χ1n) is 8.51. The molecule has 0 aliphatic carbocycles. The van der Waals surface area contributed by atoms with E-state index in [-0.39, 0.29) is 58.6 Å². The van der Waals surface area contributed by atoms with Crippen LogP contribution in [0.2, 0.25) is 0 Å². The van der Waals surface area contributed by atoms with Crippen LogP contribution in [-0.2, 0) is 10.1 Å². The molecule has 0 aliphatic rings. The Labute approximate surface area is 176 Å². The van der Waals surface area contributed by atoms with E-state index in [2.05, 4.69) is 6.92 Å². The maximum Gasteiger partial charge on any atom is 1.00 e. The summed E-state index contributed by atoms with van der Waals surface area (Å²) >= 11 is 0. The summed E-state index contributed by atoms with van der Waals surface area (Å²) in [7, 11) is -3.74. The van der Waals surface area contributed by atoms with E-state index in [1.54, 1.807) is 0 Å². The second-order valence-corrected chi connectivity index (χ2v) is 7.45. The molecule has 124 valence electrons. The van der Waals surface area contributed by atoms with Crippen molar-refractivity contribution in [1.29, 1.82) is 0 Å². The molecule has 0 unspecified atom stereocenters. The van der Waals surface area contributed by atoms with Gasteiger partial charge in [0.05, 0.1) is 5.75 Å². The smallest absolute Gasteiger partial charge is 1.00 e. The molecule has 5 heteroatoms. The van der Waals surface area contributed by atoms with E-state index < -0.39 is 10.1 Å². The van der Waals surface area contributed by atoms with Gasteiger partial charge < -0.3 is 1.43 Å². The average molecular weight is 347 g/mol. The van der Waals surface area contributed by atoms with Crippen molar-refractivity contribution in [2.45, 2.75) is 96.8 Å². The monoisotopic (exact) mass is 346 g/mol. The van der Waals surface area contributed by atoms with Crippen molar-refractivity contribution >= 4 is 10.1 Å². The van der Waals surface area contributed by atoms with E-state index in [1.165, 1.54) is 70.6 Å². The van der Waals surface area contributed by atoms with Gasteiger partial charge >= 0.3 is 51.4 Å². The molecule has 0 radical (unpaired) electrons.